The van der Waals surface area contributed by atoms with Gasteiger partial charge in [-0.2, -0.15) is 9.90 Å². The molecule has 0 bridgehead atoms. The molecular weight excluding hydrogens is 369 g/mol. The monoisotopic (exact) mass is 393 g/mol. The molecule has 1 aromatic heterocycles. The molecule has 0 spiro atoms. The Labute approximate surface area is 169 Å². The second-order valence-electron chi connectivity index (χ2n) is 7.50. The van der Waals surface area contributed by atoms with Gasteiger partial charge in [0.2, 0.25) is 0 Å². The molecule has 1 aliphatic heterocycles. The fourth-order valence-corrected chi connectivity index (χ4v) is 3.76. The maximum absolute atomic E-state index is 14.6. The zero-order valence-corrected chi connectivity index (χ0v) is 16.9. The molecule has 1 aliphatic rings. The van der Waals surface area contributed by atoms with Crippen molar-refractivity contribution in [3.8, 4) is 5.69 Å². The Morgan fingerprint density at radius 2 is 1.79 bits per heavy atom. The van der Waals surface area contributed by atoms with Crippen molar-refractivity contribution in [2.75, 3.05) is 23.3 Å². The summed E-state index contributed by atoms with van der Waals surface area (Å²) in [5.41, 5.74) is 4.53. The molecule has 4 rings (SSSR count). The van der Waals surface area contributed by atoms with Crippen LogP contribution in [0.25, 0.3) is 5.69 Å². The van der Waals surface area contributed by atoms with Crippen LogP contribution in [0.3, 0.4) is 0 Å². The van der Waals surface area contributed by atoms with Crippen LogP contribution in [0.1, 0.15) is 40.2 Å². The van der Waals surface area contributed by atoms with Crippen LogP contribution in [0.2, 0.25) is 0 Å². The molecule has 29 heavy (non-hydrogen) atoms. The van der Waals surface area contributed by atoms with Crippen LogP contribution >= 0.6 is 0 Å². The van der Waals surface area contributed by atoms with Crippen LogP contribution in [0, 0.1) is 26.6 Å². The summed E-state index contributed by atoms with van der Waals surface area (Å²) in [5.74, 6) is -0.925. The van der Waals surface area contributed by atoms with E-state index in [2.05, 4.69) is 20.4 Å². The van der Waals surface area contributed by atoms with Gasteiger partial charge in [-0.3, -0.25) is 4.79 Å². The van der Waals surface area contributed by atoms with E-state index in [0.717, 1.165) is 42.7 Å². The first-order valence-electron chi connectivity index (χ1n) is 9.80. The predicted octanol–water partition coefficient (Wildman–Crippen LogP) is 4.18. The third-order valence-corrected chi connectivity index (χ3v) is 5.24. The zero-order chi connectivity index (χ0) is 20.5. The lowest BCUT2D eigenvalue weighted by Crippen LogP contribution is -2.22. The fraction of sp³-hybridized carbons (Fsp3) is 0.318. The molecule has 150 valence electrons. The number of carbonyl (C=O) groups is 1. The summed E-state index contributed by atoms with van der Waals surface area (Å²) < 4.78 is 14.6. The molecule has 6 nitrogen and oxygen atoms in total. The lowest BCUT2D eigenvalue weighted by Gasteiger charge is -2.21. The third kappa shape index (κ3) is 3.72. The van der Waals surface area contributed by atoms with E-state index < -0.39 is 11.7 Å². The number of para-hydroxylation sites is 1. The van der Waals surface area contributed by atoms with Gasteiger partial charge in [0.1, 0.15) is 11.5 Å². The predicted molar refractivity (Wildman–Crippen MR) is 111 cm³/mol. The van der Waals surface area contributed by atoms with E-state index in [-0.39, 0.29) is 11.4 Å². The number of carbonyl (C=O) groups excluding carboxylic acids is 1. The first-order chi connectivity index (χ1) is 13.9. The maximum Gasteiger partial charge on any atom is 0.278 e. The Bertz CT molecular complexity index is 1070. The highest BCUT2D eigenvalue weighted by molar-refractivity contribution is 6.05. The summed E-state index contributed by atoms with van der Waals surface area (Å²) in [6.45, 7) is 7.43. The molecule has 1 fully saturated rings. The normalized spacial score (nSPS) is 13.7. The van der Waals surface area contributed by atoms with Crippen molar-refractivity contribution in [1.29, 1.82) is 0 Å². The minimum Gasteiger partial charge on any atom is -0.370 e. The third-order valence-electron chi connectivity index (χ3n) is 5.24. The number of hydrogen-bond acceptors (Lipinski definition) is 4. The highest BCUT2D eigenvalue weighted by Crippen LogP contribution is 2.31. The number of halogens is 1. The number of benzene rings is 2. The van der Waals surface area contributed by atoms with Crippen molar-refractivity contribution in [1.82, 2.24) is 15.0 Å². The molecule has 1 N–H and O–H groups in total. The second kappa shape index (κ2) is 7.66. The van der Waals surface area contributed by atoms with Crippen molar-refractivity contribution in [2.45, 2.75) is 33.6 Å². The number of anilines is 2. The van der Waals surface area contributed by atoms with E-state index in [1.54, 1.807) is 13.0 Å². The van der Waals surface area contributed by atoms with E-state index in [1.807, 2.05) is 38.1 Å². The van der Waals surface area contributed by atoms with Crippen molar-refractivity contribution in [3.05, 3.63) is 64.7 Å². The van der Waals surface area contributed by atoms with Gasteiger partial charge in [0.15, 0.2) is 5.69 Å². The Hall–Kier alpha value is -3.22. The van der Waals surface area contributed by atoms with Crippen LogP contribution in [-0.4, -0.2) is 34.0 Å². The van der Waals surface area contributed by atoms with Gasteiger partial charge in [0, 0.05) is 13.1 Å². The number of aryl methyl sites for hydroxylation is 3. The number of aromatic nitrogens is 3. The van der Waals surface area contributed by atoms with Crippen LogP contribution in [0.5, 0.6) is 0 Å². The van der Waals surface area contributed by atoms with Crippen molar-refractivity contribution < 1.29 is 9.18 Å². The van der Waals surface area contributed by atoms with Gasteiger partial charge >= 0.3 is 0 Å². The number of hydrogen-bond donors (Lipinski definition) is 1. The second-order valence-corrected chi connectivity index (χ2v) is 7.50. The summed E-state index contributed by atoms with van der Waals surface area (Å²) in [6.07, 6.45) is 2.13. The average Bonchev–Trinajstić information content (AvgIpc) is 3.33. The van der Waals surface area contributed by atoms with Crippen molar-refractivity contribution in [3.63, 3.8) is 0 Å². The molecule has 0 saturated carbocycles. The zero-order valence-electron chi connectivity index (χ0n) is 16.9. The van der Waals surface area contributed by atoms with Crippen LogP contribution in [0.15, 0.2) is 36.4 Å². The van der Waals surface area contributed by atoms with Gasteiger partial charge in [-0.05, 0) is 57.4 Å². The van der Waals surface area contributed by atoms with E-state index in [9.17, 15) is 9.18 Å². The Morgan fingerprint density at radius 1 is 1.03 bits per heavy atom. The standard InChI is InChI=1S/C22H24FN5O/c1-14-9-10-18(15(2)13-14)28-25-16(3)20(26-28)22(29)24-21-17(23)7-6-8-19(21)27-11-4-5-12-27/h6-10,13H,4-5,11-12H2,1-3H3,(H,24,29). The highest BCUT2D eigenvalue weighted by Gasteiger charge is 2.23. The van der Waals surface area contributed by atoms with Gasteiger partial charge in [-0.1, -0.05) is 23.8 Å². The van der Waals surface area contributed by atoms with E-state index in [1.165, 1.54) is 10.9 Å². The van der Waals surface area contributed by atoms with Gasteiger partial charge in [-0.25, -0.2) is 4.39 Å². The largest absolute Gasteiger partial charge is 0.370 e. The quantitative estimate of drug-likeness (QED) is 0.722. The summed E-state index contributed by atoms with van der Waals surface area (Å²) in [7, 11) is 0. The number of nitrogens with one attached hydrogen (secondary N) is 1. The maximum atomic E-state index is 14.6. The Balaban J connectivity index is 1.64. The molecule has 0 unspecified atom stereocenters. The summed E-state index contributed by atoms with van der Waals surface area (Å²) >= 11 is 0. The number of nitrogens with zero attached hydrogens (tertiary/aromatic N) is 4. The minimum atomic E-state index is -0.468. The lowest BCUT2D eigenvalue weighted by molar-refractivity contribution is 0.102. The van der Waals surface area contributed by atoms with Gasteiger partial charge in [-0.15, -0.1) is 5.10 Å². The fourth-order valence-electron chi connectivity index (χ4n) is 3.76. The molecular formula is C22H24FN5O. The Morgan fingerprint density at radius 3 is 2.52 bits per heavy atom. The molecule has 1 amide bonds. The van der Waals surface area contributed by atoms with E-state index in [0.29, 0.717) is 11.4 Å². The molecule has 2 aromatic carbocycles. The average molecular weight is 393 g/mol. The van der Waals surface area contributed by atoms with Crippen LogP contribution in [-0.2, 0) is 0 Å². The molecule has 2 heterocycles. The van der Waals surface area contributed by atoms with Crippen molar-refractivity contribution >= 4 is 17.3 Å². The van der Waals surface area contributed by atoms with Gasteiger partial charge in [0.05, 0.1) is 17.1 Å². The molecule has 0 radical (unpaired) electrons. The Kier molecular flexibility index (Phi) is 5.05. The van der Waals surface area contributed by atoms with Crippen LogP contribution < -0.4 is 10.2 Å². The van der Waals surface area contributed by atoms with Crippen molar-refractivity contribution in [2.24, 2.45) is 0 Å². The highest BCUT2D eigenvalue weighted by atomic mass is 19.1. The number of amides is 1. The smallest absolute Gasteiger partial charge is 0.278 e. The van der Waals surface area contributed by atoms with Gasteiger partial charge in [0.25, 0.3) is 5.91 Å². The molecule has 3 aromatic rings. The summed E-state index contributed by atoms with van der Waals surface area (Å²) in [5, 5.41) is 11.5. The SMILES string of the molecule is Cc1ccc(-n2nc(C)c(C(=O)Nc3c(F)cccc3N3CCCC3)n2)c(C)c1. The summed E-state index contributed by atoms with van der Waals surface area (Å²) in [6, 6.07) is 10.8. The number of rotatable bonds is 4. The first kappa shape index (κ1) is 19.1. The van der Waals surface area contributed by atoms with Crippen LogP contribution in [0.4, 0.5) is 15.8 Å². The first-order valence-corrected chi connectivity index (χ1v) is 9.80. The summed E-state index contributed by atoms with van der Waals surface area (Å²) in [4.78, 5) is 16.5. The van der Waals surface area contributed by atoms with E-state index >= 15 is 0 Å². The molecule has 1 saturated heterocycles. The minimum absolute atomic E-state index is 0.181. The van der Waals surface area contributed by atoms with Gasteiger partial charge < -0.3 is 10.2 Å². The van der Waals surface area contributed by atoms with E-state index in [4.69, 9.17) is 0 Å². The molecule has 0 atom stereocenters. The molecule has 7 heteroatoms. The molecule has 0 aliphatic carbocycles. The lowest BCUT2D eigenvalue weighted by atomic mass is 10.1. The topological polar surface area (TPSA) is 63.1 Å².